The van der Waals surface area contributed by atoms with Crippen LogP contribution in [0.25, 0.3) is 0 Å². The van der Waals surface area contributed by atoms with Crippen molar-refractivity contribution >= 4 is 11.8 Å². The van der Waals surface area contributed by atoms with Gasteiger partial charge in [-0.05, 0) is 49.5 Å². The second kappa shape index (κ2) is 7.91. The molecule has 0 amide bonds. The average molecular weight is 395 g/mol. The molecule has 160 valence electrons. The molecule has 5 heteroatoms. The minimum absolute atomic E-state index is 0.0917. The normalized spacial score (nSPS) is 40.4. The first kappa shape index (κ1) is 23.1. The number of ketones is 1. The van der Waals surface area contributed by atoms with Gasteiger partial charge in [0.2, 0.25) is 0 Å². The summed E-state index contributed by atoms with van der Waals surface area (Å²) in [4.78, 5) is 24.1. The third-order valence-corrected chi connectivity index (χ3v) is 7.03. The van der Waals surface area contributed by atoms with Crippen molar-refractivity contribution in [1.29, 1.82) is 0 Å². The smallest absolute Gasteiger partial charge is 0.306 e. The van der Waals surface area contributed by atoms with Gasteiger partial charge in [-0.2, -0.15) is 0 Å². The molecule has 28 heavy (non-hydrogen) atoms. The van der Waals surface area contributed by atoms with Crippen molar-refractivity contribution in [2.75, 3.05) is 0 Å². The van der Waals surface area contributed by atoms with Gasteiger partial charge in [0, 0.05) is 18.3 Å². The summed E-state index contributed by atoms with van der Waals surface area (Å²) in [6.45, 7) is 13.4. The Morgan fingerprint density at radius 2 is 1.79 bits per heavy atom. The van der Waals surface area contributed by atoms with Crippen LogP contribution < -0.4 is 0 Å². The molecule has 0 saturated heterocycles. The Bertz CT molecular complexity index is 633. The summed E-state index contributed by atoms with van der Waals surface area (Å²) in [6.07, 6.45) is 4.32. The Labute approximate surface area is 169 Å². The quantitative estimate of drug-likeness (QED) is 0.549. The molecular weight excluding hydrogens is 356 g/mol. The Kier molecular flexibility index (Phi) is 6.52. The second-order valence-corrected chi connectivity index (χ2v) is 10.5. The molecule has 2 saturated carbocycles. The van der Waals surface area contributed by atoms with Crippen molar-refractivity contribution in [2.45, 2.75) is 92.0 Å². The van der Waals surface area contributed by atoms with Gasteiger partial charge in [0.25, 0.3) is 0 Å². The second-order valence-electron chi connectivity index (χ2n) is 10.5. The van der Waals surface area contributed by atoms with Crippen molar-refractivity contribution in [2.24, 2.45) is 28.6 Å². The topological polar surface area (TPSA) is 83.8 Å². The van der Waals surface area contributed by atoms with E-state index in [1.807, 2.05) is 13.8 Å². The van der Waals surface area contributed by atoms with Crippen molar-refractivity contribution in [3.8, 4) is 0 Å². The van der Waals surface area contributed by atoms with Crippen molar-refractivity contribution in [3.63, 3.8) is 0 Å². The first-order valence-corrected chi connectivity index (χ1v) is 10.5. The molecule has 0 aromatic rings. The van der Waals surface area contributed by atoms with Crippen molar-refractivity contribution in [3.05, 3.63) is 12.2 Å². The van der Waals surface area contributed by atoms with Gasteiger partial charge in [-0.1, -0.05) is 47.1 Å². The molecule has 2 aliphatic rings. The maximum Gasteiger partial charge on any atom is 0.306 e. The van der Waals surface area contributed by atoms with Crippen molar-refractivity contribution in [1.82, 2.24) is 0 Å². The highest BCUT2D eigenvalue weighted by Gasteiger charge is 2.66. The molecule has 0 radical (unpaired) electrons. The van der Waals surface area contributed by atoms with Crippen LogP contribution >= 0.6 is 0 Å². The van der Waals surface area contributed by atoms with E-state index < -0.39 is 29.1 Å². The summed E-state index contributed by atoms with van der Waals surface area (Å²) in [5.74, 6) is -0.807. The number of aliphatic hydroxyl groups excluding tert-OH is 1. The van der Waals surface area contributed by atoms with Crippen LogP contribution in [0.2, 0.25) is 0 Å². The van der Waals surface area contributed by atoms with Crippen LogP contribution in [0.15, 0.2) is 12.2 Å². The largest absolute Gasteiger partial charge is 0.459 e. The number of rotatable bonds is 5. The van der Waals surface area contributed by atoms with Crippen molar-refractivity contribution < 1.29 is 24.5 Å². The lowest BCUT2D eigenvalue weighted by Gasteiger charge is -2.63. The van der Waals surface area contributed by atoms with Gasteiger partial charge in [-0.15, -0.1) is 0 Å². The minimum atomic E-state index is -1.51. The predicted octanol–water partition coefficient (Wildman–Crippen LogP) is 3.66. The number of carbonyl (C=O) groups is 2. The maximum atomic E-state index is 12.5. The molecule has 0 spiro atoms. The fraction of sp³-hybridized carbons (Fsp3) is 0.826. The van der Waals surface area contributed by atoms with E-state index in [1.165, 1.54) is 13.0 Å². The first-order valence-electron chi connectivity index (χ1n) is 10.5. The summed E-state index contributed by atoms with van der Waals surface area (Å²) in [5, 5.41) is 22.5. The van der Waals surface area contributed by atoms with Gasteiger partial charge in [-0.25, -0.2) is 0 Å². The molecule has 0 bridgehead atoms. The van der Waals surface area contributed by atoms with Gasteiger partial charge < -0.3 is 14.9 Å². The number of fused-ring (bicyclic) bond motifs is 1. The van der Waals surface area contributed by atoms with Crippen LogP contribution in [0.5, 0.6) is 0 Å². The van der Waals surface area contributed by atoms with E-state index in [0.29, 0.717) is 0 Å². The number of ether oxygens (including phenoxy) is 1. The van der Waals surface area contributed by atoms with Crippen LogP contribution in [0.1, 0.15) is 74.1 Å². The molecular formula is C23H38O5. The maximum absolute atomic E-state index is 12.5. The van der Waals surface area contributed by atoms with Crippen LogP contribution in [0, 0.1) is 28.6 Å². The molecule has 0 aromatic heterocycles. The Balaban J connectivity index is 2.53. The molecule has 2 aliphatic carbocycles. The van der Waals surface area contributed by atoms with E-state index in [-0.39, 0.29) is 35.4 Å². The van der Waals surface area contributed by atoms with E-state index in [9.17, 15) is 19.8 Å². The molecule has 2 rings (SSSR count). The van der Waals surface area contributed by atoms with E-state index in [4.69, 9.17) is 4.74 Å². The van der Waals surface area contributed by atoms with Gasteiger partial charge in [0.1, 0.15) is 12.2 Å². The Morgan fingerprint density at radius 3 is 2.32 bits per heavy atom. The van der Waals surface area contributed by atoms with E-state index in [1.54, 1.807) is 13.0 Å². The van der Waals surface area contributed by atoms with Crippen LogP contribution in [-0.2, 0) is 14.3 Å². The van der Waals surface area contributed by atoms with Gasteiger partial charge in [0.05, 0.1) is 5.60 Å². The summed E-state index contributed by atoms with van der Waals surface area (Å²) >= 11 is 0. The first-order chi connectivity index (χ1) is 12.7. The molecule has 0 aliphatic heterocycles. The summed E-state index contributed by atoms with van der Waals surface area (Å²) < 4.78 is 5.85. The highest BCUT2D eigenvalue weighted by molar-refractivity contribution is 5.87. The van der Waals surface area contributed by atoms with Crippen LogP contribution in [-0.4, -0.2) is 39.8 Å². The van der Waals surface area contributed by atoms with Crippen LogP contribution in [0.4, 0.5) is 0 Å². The van der Waals surface area contributed by atoms with E-state index in [0.717, 1.165) is 19.3 Å². The van der Waals surface area contributed by atoms with Gasteiger partial charge >= 0.3 is 5.97 Å². The molecule has 0 unspecified atom stereocenters. The molecule has 2 N–H and O–H groups in total. The lowest BCUT2D eigenvalue weighted by atomic mass is 9.44. The standard InChI is InChI=1S/C23H38O5/c1-14(2)13-17(25)28-18-19-21(4,5)11-8-12-22(19,6)16(10-9-15(3)24)23(7,27)20(18)26/h9-10,14,16,18-20,26-27H,8,11-13H2,1-7H3/b10-9+/t16-,18-,19+,20+,22-,23+/m1/s1. The predicted molar refractivity (Wildman–Crippen MR) is 109 cm³/mol. The zero-order chi connectivity index (χ0) is 21.5. The van der Waals surface area contributed by atoms with E-state index >= 15 is 0 Å². The summed E-state index contributed by atoms with van der Waals surface area (Å²) in [7, 11) is 0. The van der Waals surface area contributed by atoms with Crippen LogP contribution in [0.3, 0.4) is 0 Å². The zero-order valence-electron chi connectivity index (χ0n) is 18.5. The van der Waals surface area contributed by atoms with E-state index in [2.05, 4.69) is 20.8 Å². The highest BCUT2D eigenvalue weighted by atomic mass is 16.6. The molecule has 2 fully saturated rings. The Hall–Kier alpha value is -1.20. The monoisotopic (exact) mass is 394 g/mol. The molecule has 5 nitrogen and oxygen atoms in total. The Morgan fingerprint density at radius 1 is 1.18 bits per heavy atom. The fourth-order valence-electron chi connectivity index (χ4n) is 5.98. The summed E-state index contributed by atoms with van der Waals surface area (Å²) in [5.41, 5.74) is -2.08. The lowest BCUT2D eigenvalue weighted by Crippen LogP contribution is -2.70. The third kappa shape index (κ3) is 4.20. The molecule has 0 heterocycles. The SMILES string of the molecule is CC(=O)/C=C/[C@H]1[C@](C)(O)[C@@H](O)[C@H](OC(=O)CC(C)C)[C@H]2C(C)(C)CCC[C@@]21C. The lowest BCUT2D eigenvalue weighted by molar-refractivity contribution is -0.261. The number of hydrogen-bond donors (Lipinski definition) is 2. The number of aliphatic hydroxyl groups is 2. The molecule has 0 aromatic carbocycles. The zero-order valence-corrected chi connectivity index (χ0v) is 18.5. The molecule has 6 atom stereocenters. The van der Waals surface area contributed by atoms with Gasteiger partial charge in [-0.3, -0.25) is 9.59 Å². The third-order valence-electron chi connectivity index (χ3n) is 7.03. The number of hydrogen-bond acceptors (Lipinski definition) is 5. The number of allylic oxidation sites excluding steroid dienone is 1. The average Bonchev–Trinajstić information content (AvgIpc) is 2.49. The highest BCUT2D eigenvalue weighted by Crippen LogP contribution is 2.63. The minimum Gasteiger partial charge on any atom is -0.459 e. The number of carbonyl (C=O) groups excluding carboxylic acids is 2. The number of esters is 1. The summed E-state index contributed by atoms with van der Waals surface area (Å²) in [6, 6.07) is 0. The fourth-order valence-corrected chi connectivity index (χ4v) is 5.98. The van der Waals surface area contributed by atoms with Gasteiger partial charge in [0.15, 0.2) is 5.78 Å².